The molecule has 4 unspecified atom stereocenters. The average Bonchev–Trinajstić information content (AvgIpc) is 2.82. The number of rotatable bonds is 4. The molecule has 1 aromatic carbocycles. The second-order valence-corrected chi connectivity index (χ2v) is 9.33. The molecule has 0 bridgehead atoms. The van der Waals surface area contributed by atoms with Crippen LogP contribution in [0.1, 0.15) is 52.5 Å². The van der Waals surface area contributed by atoms with E-state index in [4.69, 9.17) is 0 Å². The highest BCUT2D eigenvalue weighted by molar-refractivity contribution is 5.57. The summed E-state index contributed by atoms with van der Waals surface area (Å²) >= 11 is 0. The van der Waals surface area contributed by atoms with Gasteiger partial charge in [-0.05, 0) is 79.0 Å². The number of benzene rings is 1. The highest BCUT2D eigenvalue weighted by atomic mass is 15.1. The summed E-state index contributed by atoms with van der Waals surface area (Å²) in [6.45, 7) is 9.65. The summed E-state index contributed by atoms with van der Waals surface area (Å²) in [4.78, 5) is 2.14. The molecule has 1 aromatic rings. The van der Waals surface area contributed by atoms with E-state index in [1.807, 2.05) is 0 Å². The molecule has 0 radical (unpaired) electrons. The van der Waals surface area contributed by atoms with Crippen LogP contribution in [0.3, 0.4) is 0 Å². The highest BCUT2D eigenvalue weighted by Gasteiger charge is 2.39. The van der Waals surface area contributed by atoms with Crippen molar-refractivity contribution in [1.29, 1.82) is 0 Å². The predicted octanol–water partition coefficient (Wildman–Crippen LogP) is 6.98. The van der Waals surface area contributed by atoms with Gasteiger partial charge in [-0.25, -0.2) is 0 Å². The van der Waals surface area contributed by atoms with Crippen molar-refractivity contribution in [2.75, 3.05) is 19.0 Å². The van der Waals surface area contributed by atoms with Gasteiger partial charge >= 0.3 is 0 Å². The lowest BCUT2D eigenvalue weighted by molar-refractivity contribution is 0.299. The van der Waals surface area contributed by atoms with E-state index in [1.54, 1.807) is 11.1 Å². The van der Waals surface area contributed by atoms with Gasteiger partial charge in [-0.2, -0.15) is 0 Å². The summed E-state index contributed by atoms with van der Waals surface area (Å²) < 4.78 is 0. The molecule has 0 spiro atoms. The predicted molar refractivity (Wildman–Crippen MR) is 120 cm³/mol. The molecule has 0 amide bonds. The number of allylic oxidation sites excluding steroid dienone is 5. The maximum atomic E-state index is 2.48. The fourth-order valence-corrected chi connectivity index (χ4v) is 5.06. The van der Waals surface area contributed by atoms with Crippen LogP contribution in [0.5, 0.6) is 0 Å². The topological polar surface area (TPSA) is 3.24 Å². The SMILES string of the molecule is CC1=C/C(=C/C=C/c2ccc(N(C)C)cc2)C2C(C)CCC(C(C)C)CC12. The zero-order chi connectivity index (χ0) is 19.6. The van der Waals surface area contributed by atoms with Gasteiger partial charge in [0.15, 0.2) is 0 Å². The largest absolute Gasteiger partial charge is 0.378 e. The van der Waals surface area contributed by atoms with E-state index < -0.39 is 0 Å². The third-order valence-electron chi connectivity index (χ3n) is 6.89. The normalized spacial score (nSPS) is 29.9. The minimum Gasteiger partial charge on any atom is -0.378 e. The van der Waals surface area contributed by atoms with Gasteiger partial charge in [0.1, 0.15) is 0 Å². The molecule has 1 fully saturated rings. The summed E-state index contributed by atoms with van der Waals surface area (Å²) in [6.07, 6.45) is 13.5. The molecule has 0 saturated heterocycles. The van der Waals surface area contributed by atoms with Crippen LogP contribution in [0.25, 0.3) is 6.08 Å². The van der Waals surface area contributed by atoms with Crippen LogP contribution in [-0.4, -0.2) is 14.1 Å². The molecule has 2 aliphatic rings. The molecule has 0 heterocycles. The Balaban J connectivity index is 1.76. The molecule has 1 nitrogen and oxygen atoms in total. The molecule has 27 heavy (non-hydrogen) atoms. The van der Waals surface area contributed by atoms with Crippen molar-refractivity contribution in [2.24, 2.45) is 29.6 Å². The summed E-state index contributed by atoms with van der Waals surface area (Å²) in [6, 6.07) is 8.76. The molecule has 1 saturated carbocycles. The summed E-state index contributed by atoms with van der Waals surface area (Å²) in [5.41, 5.74) is 5.67. The smallest absolute Gasteiger partial charge is 0.0361 e. The minimum absolute atomic E-state index is 0.717. The fourth-order valence-electron chi connectivity index (χ4n) is 5.06. The number of anilines is 1. The number of hydrogen-bond donors (Lipinski definition) is 0. The van der Waals surface area contributed by atoms with Crippen molar-refractivity contribution in [3.63, 3.8) is 0 Å². The van der Waals surface area contributed by atoms with E-state index in [0.717, 1.165) is 29.6 Å². The summed E-state index contributed by atoms with van der Waals surface area (Å²) in [5.74, 6) is 3.95. The summed E-state index contributed by atoms with van der Waals surface area (Å²) in [7, 11) is 4.16. The first kappa shape index (κ1) is 20.0. The van der Waals surface area contributed by atoms with Crippen molar-refractivity contribution >= 4 is 11.8 Å². The third kappa shape index (κ3) is 4.57. The molecular weight excluding hydrogens is 326 g/mol. The second-order valence-electron chi connectivity index (χ2n) is 9.33. The lowest BCUT2D eigenvalue weighted by Gasteiger charge is -2.27. The van der Waals surface area contributed by atoms with Gasteiger partial charge in [0.2, 0.25) is 0 Å². The minimum atomic E-state index is 0.717. The highest BCUT2D eigenvalue weighted by Crippen LogP contribution is 2.49. The zero-order valence-electron chi connectivity index (χ0n) is 18.1. The van der Waals surface area contributed by atoms with Crippen molar-refractivity contribution < 1.29 is 0 Å². The second kappa shape index (κ2) is 8.50. The van der Waals surface area contributed by atoms with E-state index in [2.05, 4.69) is 95.3 Å². The van der Waals surface area contributed by atoms with Crippen LogP contribution in [-0.2, 0) is 0 Å². The van der Waals surface area contributed by atoms with Crippen LogP contribution in [0.2, 0.25) is 0 Å². The lowest BCUT2D eigenvalue weighted by atomic mass is 9.77. The average molecular weight is 364 g/mol. The van der Waals surface area contributed by atoms with E-state index in [-0.39, 0.29) is 0 Å². The quantitative estimate of drug-likeness (QED) is 0.558. The first-order chi connectivity index (χ1) is 12.9. The van der Waals surface area contributed by atoms with Crippen molar-refractivity contribution in [2.45, 2.75) is 47.0 Å². The van der Waals surface area contributed by atoms with Gasteiger partial charge < -0.3 is 4.90 Å². The molecule has 4 atom stereocenters. The standard InChI is InChI=1S/C26H37N/c1-18(2)22-13-10-19(3)26-23(16-20(4)25(26)17-22)9-7-8-21-11-14-24(15-12-21)27(5)6/h7-9,11-12,14-16,18-19,22,25-26H,10,13,17H2,1-6H3/b8-7+,23-9-. The first-order valence-corrected chi connectivity index (χ1v) is 10.7. The number of nitrogens with zero attached hydrogens (tertiary/aromatic N) is 1. The van der Waals surface area contributed by atoms with Crippen LogP contribution in [0.15, 0.2) is 53.6 Å². The van der Waals surface area contributed by atoms with Gasteiger partial charge in [0.05, 0.1) is 0 Å². The van der Waals surface area contributed by atoms with Crippen LogP contribution < -0.4 is 4.90 Å². The molecule has 0 N–H and O–H groups in total. The molecule has 1 heteroatoms. The van der Waals surface area contributed by atoms with Crippen molar-refractivity contribution in [3.8, 4) is 0 Å². The van der Waals surface area contributed by atoms with Gasteiger partial charge in [0.25, 0.3) is 0 Å². The number of fused-ring (bicyclic) bond motifs is 1. The zero-order valence-corrected chi connectivity index (χ0v) is 18.1. The van der Waals surface area contributed by atoms with E-state index in [9.17, 15) is 0 Å². The Labute approximate surface area is 166 Å². The first-order valence-electron chi connectivity index (χ1n) is 10.7. The summed E-state index contributed by atoms with van der Waals surface area (Å²) in [5, 5.41) is 0. The Hall–Kier alpha value is -1.76. The maximum absolute atomic E-state index is 2.48. The van der Waals surface area contributed by atoms with Gasteiger partial charge in [-0.3, -0.25) is 0 Å². The Morgan fingerprint density at radius 1 is 1.07 bits per heavy atom. The maximum Gasteiger partial charge on any atom is 0.0361 e. The molecular formula is C26H37N. The van der Waals surface area contributed by atoms with Crippen molar-refractivity contribution in [3.05, 3.63) is 59.2 Å². The molecule has 2 aliphatic carbocycles. The van der Waals surface area contributed by atoms with E-state index >= 15 is 0 Å². The third-order valence-corrected chi connectivity index (χ3v) is 6.89. The fraction of sp³-hybridized carbons (Fsp3) is 0.538. The number of hydrogen-bond acceptors (Lipinski definition) is 1. The Kier molecular flexibility index (Phi) is 6.29. The van der Waals surface area contributed by atoms with E-state index in [0.29, 0.717) is 0 Å². The monoisotopic (exact) mass is 363 g/mol. The van der Waals surface area contributed by atoms with Crippen LogP contribution in [0.4, 0.5) is 5.69 Å². The van der Waals surface area contributed by atoms with Gasteiger partial charge in [0, 0.05) is 19.8 Å². The molecule has 0 aromatic heterocycles. The van der Waals surface area contributed by atoms with Crippen LogP contribution >= 0.6 is 0 Å². The van der Waals surface area contributed by atoms with Crippen LogP contribution in [0, 0.1) is 29.6 Å². The Bertz CT molecular complexity index is 717. The lowest BCUT2D eigenvalue weighted by Crippen LogP contribution is -2.19. The molecule has 146 valence electrons. The van der Waals surface area contributed by atoms with Gasteiger partial charge in [-0.15, -0.1) is 0 Å². The molecule has 0 aliphatic heterocycles. The Morgan fingerprint density at radius 3 is 2.41 bits per heavy atom. The van der Waals surface area contributed by atoms with Gasteiger partial charge in [-0.1, -0.05) is 62.8 Å². The Morgan fingerprint density at radius 2 is 1.78 bits per heavy atom. The van der Waals surface area contributed by atoms with E-state index in [1.165, 1.54) is 30.5 Å². The van der Waals surface area contributed by atoms with Crippen molar-refractivity contribution in [1.82, 2.24) is 0 Å². The molecule has 3 rings (SSSR count).